The Morgan fingerprint density at radius 3 is 3.08 bits per heavy atom. The van der Waals surface area contributed by atoms with Crippen molar-refractivity contribution in [3.8, 4) is 5.75 Å². The molecule has 1 aromatic carbocycles. The van der Waals surface area contributed by atoms with Crippen molar-refractivity contribution >= 4 is 24.9 Å². The highest BCUT2D eigenvalue weighted by Crippen LogP contribution is 2.31. The van der Waals surface area contributed by atoms with E-state index >= 15 is 0 Å². The van der Waals surface area contributed by atoms with Gasteiger partial charge >= 0.3 is 0 Å². The van der Waals surface area contributed by atoms with Crippen molar-refractivity contribution in [2.75, 3.05) is 6.61 Å². The van der Waals surface area contributed by atoms with Crippen LogP contribution in [0.25, 0.3) is 0 Å². The first kappa shape index (κ1) is 8.91. The fourth-order valence-electron chi connectivity index (χ4n) is 1.44. The van der Waals surface area contributed by atoms with Gasteiger partial charge in [-0.05, 0) is 11.5 Å². The Morgan fingerprint density at radius 1 is 1.54 bits per heavy atom. The van der Waals surface area contributed by atoms with Crippen LogP contribution in [0.15, 0.2) is 12.1 Å². The molecule has 1 N–H and O–H groups in total. The minimum atomic E-state index is -0.483. The van der Waals surface area contributed by atoms with Crippen LogP contribution in [-0.4, -0.2) is 19.6 Å². The van der Waals surface area contributed by atoms with E-state index in [1.165, 1.54) is 0 Å². The van der Waals surface area contributed by atoms with Gasteiger partial charge in [-0.3, -0.25) is 0 Å². The average molecular weight is 194 g/mol. The van der Waals surface area contributed by atoms with E-state index in [-0.39, 0.29) is 0 Å². The van der Waals surface area contributed by atoms with Crippen LogP contribution in [0.1, 0.15) is 18.1 Å². The number of hydrogen-bond acceptors (Lipinski definition) is 2. The van der Waals surface area contributed by atoms with Gasteiger partial charge in [0.2, 0.25) is 0 Å². The molecule has 4 heteroatoms. The van der Waals surface area contributed by atoms with E-state index < -0.39 is 6.10 Å². The van der Waals surface area contributed by atoms with Crippen molar-refractivity contribution in [3.63, 3.8) is 0 Å². The third-order valence-corrected chi connectivity index (χ3v) is 2.50. The number of aliphatic hydroxyl groups excluding tert-OH is 1. The predicted octanol–water partition coefficient (Wildman–Crippen LogP) is 0.950. The normalized spacial score (nSPS) is 20.6. The summed E-state index contributed by atoms with van der Waals surface area (Å²) in [6.45, 7) is 0.485. The van der Waals surface area contributed by atoms with Crippen LogP contribution in [0, 0.1) is 0 Å². The zero-order valence-corrected chi connectivity index (χ0v) is 7.71. The Balaban J connectivity index is 2.56. The monoisotopic (exact) mass is 194 g/mol. The fourth-order valence-corrected chi connectivity index (χ4v) is 1.59. The molecule has 2 radical (unpaired) electrons. The second kappa shape index (κ2) is 3.24. The molecule has 0 aromatic heterocycles. The smallest absolute Gasteiger partial charge is 0.121 e. The number of halogens is 1. The molecule has 0 aliphatic carbocycles. The average Bonchev–Trinajstić information content (AvgIpc) is 2.12. The van der Waals surface area contributed by atoms with Crippen molar-refractivity contribution in [1.29, 1.82) is 0 Å². The Labute approximate surface area is 82.9 Å². The lowest BCUT2D eigenvalue weighted by molar-refractivity contribution is 0.116. The lowest BCUT2D eigenvalue weighted by atomic mass is 9.89. The molecule has 1 aliphatic heterocycles. The van der Waals surface area contributed by atoms with Gasteiger partial charge in [0.25, 0.3) is 0 Å². The van der Waals surface area contributed by atoms with E-state index in [1.807, 2.05) is 0 Å². The standard InChI is InChI=1S/C9H8BClO2/c10-8-6(11)2-1-5-7(12)3-4-13-9(5)8/h1-2,7,12H,3-4H2. The molecular formula is C9H8BClO2. The number of ether oxygens (including phenoxy) is 1. The molecule has 1 aromatic rings. The molecule has 1 unspecified atom stereocenters. The maximum absolute atomic E-state index is 9.60. The molecule has 66 valence electrons. The quantitative estimate of drug-likeness (QED) is 0.623. The van der Waals surface area contributed by atoms with Gasteiger partial charge in [-0.2, -0.15) is 0 Å². The number of rotatable bonds is 0. The molecule has 0 amide bonds. The van der Waals surface area contributed by atoms with Crippen LogP contribution in [0.5, 0.6) is 5.75 Å². The molecule has 0 fully saturated rings. The van der Waals surface area contributed by atoms with E-state index in [1.54, 1.807) is 12.1 Å². The third kappa shape index (κ3) is 1.42. The van der Waals surface area contributed by atoms with Crippen LogP contribution >= 0.6 is 11.6 Å². The zero-order valence-electron chi connectivity index (χ0n) is 6.96. The minimum Gasteiger partial charge on any atom is -0.494 e. The van der Waals surface area contributed by atoms with Gasteiger partial charge in [0, 0.05) is 17.0 Å². The Kier molecular flexibility index (Phi) is 2.22. The van der Waals surface area contributed by atoms with Gasteiger partial charge in [-0.25, -0.2) is 0 Å². The molecule has 13 heavy (non-hydrogen) atoms. The molecule has 1 heterocycles. The summed E-state index contributed by atoms with van der Waals surface area (Å²) in [4.78, 5) is 0. The molecule has 0 spiro atoms. The van der Waals surface area contributed by atoms with Gasteiger partial charge in [0.1, 0.15) is 13.6 Å². The van der Waals surface area contributed by atoms with Gasteiger partial charge < -0.3 is 9.84 Å². The Morgan fingerprint density at radius 2 is 2.31 bits per heavy atom. The highest BCUT2D eigenvalue weighted by atomic mass is 35.5. The first-order chi connectivity index (χ1) is 6.20. The summed E-state index contributed by atoms with van der Waals surface area (Å²) in [7, 11) is 5.70. The van der Waals surface area contributed by atoms with E-state index in [0.29, 0.717) is 29.3 Å². The molecule has 0 saturated heterocycles. The van der Waals surface area contributed by atoms with Gasteiger partial charge in [-0.1, -0.05) is 17.7 Å². The van der Waals surface area contributed by atoms with Gasteiger partial charge in [0.15, 0.2) is 0 Å². The summed E-state index contributed by atoms with van der Waals surface area (Å²) >= 11 is 5.81. The van der Waals surface area contributed by atoms with E-state index in [4.69, 9.17) is 24.2 Å². The number of fused-ring (bicyclic) bond motifs is 1. The molecule has 1 atom stereocenters. The number of benzene rings is 1. The second-order valence-corrected chi connectivity index (χ2v) is 3.44. The third-order valence-electron chi connectivity index (χ3n) is 2.17. The highest BCUT2D eigenvalue weighted by molar-refractivity contribution is 6.46. The lowest BCUT2D eigenvalue weighted by Crippen LogP contribution is -2.21. The van der Waals surface area contributed by atoms with Gasteiger partial charge in [0.05, 0.1) is 12.7 Å². The van der Waals surface area contributed by atoms with Crippen molar-refractivity contribution in [2.45, 2.75) is 12.5 Å². The molecular weight excluding hydrogens is 186 g/mol. The van der Waals surface area contributed by atoms with Gasteiger partial charge in [-0.15, -0.1) is 0 Å². The topological polar surface area (TPSA) is 29.5 Å². The summed E-state index contributed by atoms with van der Waals surface area (Å²) < 4.78 is 5.34. The minimum absolute atomic E-state index is 0.415. The predicted molar refractivity (Wildman–Crippen MR) is 51.9 cm³/mol. The van der Waals surface area contributed by atoms with E-state index in [0.717, 1.165) is 5.56 Å². The Hall–Kier alpha value is -0.665. The van der Waals surface area contributed by atoms with Crippen molar-refractivity contribution in [2.24, 2.45) is 0 Å². The van der Waals surface area contributed by atoms with Crippen LogP contribution in [-0.2, 0) is 0 Å². The molecule has 2 rings (SSSR count). The van der Waals surface area contributed by atoms with Crippen LogP contribution in [0.4, 0.5) is 0 Å². The maximum Gasteiger partial charge on any atom is 0.121 e. The maximum atomic E-state index is 9.60. The molecule has 0 bridgehead atoms. The second-order valence-electron chi connectivity index (χ2n) is 3.03. The summed E-state index contributed by atoms with van der Waals surface area (Å²) in [5.41, 5.74) is 1.14. The zero-order chi connectivity index (χ0) is 9.42. The lowest BCUT2D eigenvalue weighted by Gasteiger charge is -2.24. The summed E-state index contributed by atoms with van der Waals surface area (Å²) in [6.07, 6.45) is 0.122. The summed E-state index contributed by atoms with van der Waals surface area (Å²) in [6, 6.07) is 3.42. The Bertz CT molecular complexity index is 341. The van der Waals surface area contributed by atoms with Crippen molar-refractivity contribution < 1.29 is 9.84 Å². The van der Waals surface area contributed by atoms with Crippen molar-refractivity contribution in [3.05, 3.63) is 22.7 Å². The molecule has 1 aliphatic rings. The van der Waals surface area contributed by atoms with E-state index in [9.17, 15) is 5.11 Å². The summed E-state index contributed by atoms with van der Waals surface area (Å²) in [5, 5.41) is 10.1. The van der Waals surface area contributed by atoms with E-state index in [2.05, 4.69) is 0 Å². The first-order valence-corrected chi connectivity index (χ1v) is 4.46. The number of aliphatic hydroxyl groups is 1. The first-order valence-electron chi connectivity index (χ1n) is 4.09. The fraction of sp³-hybridized carbons (Fsp3) is 0.333. The van der Waals surface area contributed by atoms with Crippen LogP contribution < -0.4 is 10.2 Å². The van der Waals surface area contributed by atoms with Crippen LogP contribution in [0.3, 0.4) is 0 Å². The summed E-state index contributed by atoms with van der Waals surface area (Å²) in [5.74, 6) is 0.534. The number of hydrogen-bond donors (Lipinski definition) is 1. The molecule has 2 nitrogen and oxygen atoms in total. The molecule has 0 saturated carbocycles. The highest BCUT2D eigenvalue weighted by Gasteiger charge is 2.21. The van der Waals surface area contributed by atoms with Crippen molar-refractivity contribution in [1.82, 2.24) is 0 Å². The largest absolute Gasteiger partial charge is 0.494 e. The SMILES string of the molecule is [B]c1c(Cl)ccc2c1OCCC2O. The van der Waals surface area contributed by atoms with Crippen LogP contribution in [0.2, 0.25) is 5.02 Å².